The molecular formula is C8H18N2O2. The van der Waals surface area contributed by atoms with Gasteiger partial charge in [-0.1, -0.05) is 0 Å². The van der Waals surface area contributed by atoms with E-state index in [1.165, 1.54) is 0 Å². The molecule has 0 spiro atoms. The first-order valence-corrected chi connectivity index (χ1v) is 4.39. The fourth-order valence-corrected chi connectivity index (χ4v) is 1.43. The Kier molecular flexibility index (Phi) is 3.94. The predicted octanol–water partition coefficient (Wildman–Crippen LogP) is -0.0940. The fourth-order valence-electron chi connectivity index (χ4n) is 1.43. The second-order valence-electron chi connectivity index (χ2n) is 2.94. The van der Waals surface area contributed by atoms with Crippen molar-refractivity contribution in [3.05, 3.63) is 0 Å². The molecule has 1 fully saturated rings. The highest BCUT2D eigenvalue weighted by Gasteiger charge is 2.28. The maximum Gasteiger partial charge on any atom is 0.226 e. The minimum atomic E-state index is -0.553. The number of hydrogen-bond donors (Lipinski definition) is 2. The van der Waals surface area contributed by atoms with Crippen LogP contribution in [0.25, 0.3) is 0 Å². The average Bonchev–Trinajstić information content (AvgIpc) is 2.06. The lowest BCUT2D eigenvalue weighted by Gasteiger charge is -2.33. The summed E-state index contributed by atoms with van der Waals surface area (Å²) < 4.78 is 10.6. The summed E-state index contributed by atoms with van der Waals surface area (Å²) in [4.78, 5) is 0. The molecule has 0 amide bonds. The van der Waals surface area contributed by atoms with Crippen molar-refractivity contribution in [2.24, 2.45) is 0 Å². The van der Waals surface area contributed by atoms with E-state index in [1.807, 2.05) is 0 Å². The second kappa shape index (κ2) is 4.77. The molecular weight excluding hydrogens is 156 g/mol. The van der Waals surface area contributed by atoms with Crippen molar-refractivity contribution in [2.45, 2.75) is 18.8 Å². The minimum Gasteiger partial charge on any atom is -0.341 e. The first-order valence-electron chi connectivity index (χ1n) is 4.39. The molecule has 72 valence electrons. The molecule has 4 nitrogen and oxygen atoms in total. The Morgan fingerprint density at radius 2 is 1.83 bits per heavy atom. The zero-order valence-corrected chi connectivity index (χ0v) is 7.85. The third-order valence-electron chi connectivity index (χ3n) is 2.22. The molecule has 1 aliphatic rings. The molecule has 2 N–H and O–H groups in total. The van der Waals surface area contributed by atoms with E-state index >= 15 is 0 Å². The van der Waals surface area contributed by atoms with Gasteiger partial charge in [0.15, 0.2) is 0 Å². The van der Waals surface area contributed by atoms with Gasteiger partial charge in [0.2, 0.25) is 5.91 Å². The minimum absolute atomic E-state index is 0.553. The van der Waals surface area contributed by atoms with Crippen LogP contribution < -0.4 is 10.6 Å². The van der Waals surface area contributed by atoms with Crippen LogP contribution in [0.5, 0.6) is 0 Å². The topological polar surface area (TPSA) is 42.5 Å². The molecule has 1 rings (SSSR count). The van der Waals surface area contributed by atoms with Crippen LogP contribution in [-0.2, 0) is 9.47 Å². The summed E-state index contributed by atoms with van der Waals surface area (Å²) >= 11 is 0. The van der Waals surface area contributed by atoms with Gasteiger partial charge in [0.05, 0.1) is 0 Å². The summed E-state index contributed by atoms with van der Waals surface area (Å²) in [6.45, 7) is 2.88. The van der Waals surface area contributed by atoms with Crippen molar-refractivity contribution in [1.29, 1.82) is 0 Å². The van der Waals surface area contributed by atoms with Crippen LogP contribution in [0.1, 0.15) is 12.8 Å². The van der Waals surface area contributed by atoms with Crippen molar-refractivity contribution in [3.8, 4) is 0 Å². The summed E-state index contributed by atoms with van der Waals surface area (Å²) in [5.74, 6) is -0.553. The van der Waals surface area contributed by atoms with Crippen LogP contribution in [0, 0.1) is 0 Å². The van der Waals surface area contributed by atoms with Crippen LogP contribution in [0.3, 0.4) is 0 Å². The van der Waals surface area contributed by atoms with Gasteiger partial charge in [-0.05, 0) is 13.0 Å². The molecule has 4 heteroatoms. The second-order valence-corrected chi connectivity index (χ2v) is 2.94. The lowest BCUT2D eigenvalue weighted by molar-refractivity contribution is -0.233. The molecule has 0 aliphatic carbocycles. The maximum atomic E-state index is 5.30. The Morgan fingerprint density at radius 3 is 2.50 bits per heavy atom. The molecule has 1 aliphatic heterocycles. The van der Waals surface area contributed by atoms with Crippen LogP contribution in [-0.4, -0.2) is 39.8 Å². The zero-order chi connectivity index (χ0) is 8.86. The van der Waals surface area contributed by atoms with E-state index in [0.717, 1.165) is 32.5 Å². The number of rotatable bonds is 2. The molecule has 0 aromatic heterocycles. The Labute approximate surface area is 73.6 Å². The van der Waals surface area contributed by atoms with E-state index in [0.29, 0.717) is 0 Å². The molecule has 0 bridgehead atoms. The highest BCUT2D eigenvalue weighted by Crippen LogP contribution is 2.14. The lowest BCUT2D eigenvalue weighted by Crippen LogP contribution is -2.52. The first kappa shape index (κ1) is 9.92. The van der Waals surface area contributed by atoms with Gasteiger partial charge < -0.3 is 14.8 Å². The molecule has 0 aromatic rings. The van der Waals surface area contributed by atoms with Crippen molar-refractivity contribution < 1.29 is 9.47 Å². The smallest absolute Gasteiger partial charge is 0.226 e. The molecule has 0 unspecified atom stereocenters. The molecule has 0 atom stereocenters. The van der Waals surface area contributed by atoms with Crippen molar-refractivity contribution >= 4 is 0 Å². The zero-order valence-electron chi connectivity index (χ0n) is 7.85. The summed E-state index contributed by atoms with van der Waals surface area (Å²) in [6, 6.07) is 0. The maximum absolute atomic E-state index is 5.30. The van der Waals surface area contributed by atoms with E-state index < -0.39 is 5.91 Å². The van der Waals surface area contributed by atoms with Crippen LogP contribution in [0.4, 0.5) is 0 Å². The van der Waals surface area contributed by atoms with Gasteiger partial charge in [-0.25, -0.2) is 0 Å². The summed E-state index contributed by atoms with van der Waals surface area (Å²) in [6.07, 6.45) is 1.95. The van der Waals surface area contributed by atoms with Gasteiger partial charge in [-0.15, -0.1) is 0 Å². The number of methoxy groups -OCH3 is 2. The van der Waals surface area contributed by atoms with Crippen molar-refractivity contribution in [3.63, 3.8) is 0 Å². The first-order chi connectivity index (χ1) is 5.83. The third-order valence-corrected chi connectivity index (χ3v) is 2.22. The largest absolute Gasteiger partial charge is 0.341 e. The van der Waals surface area contributed by atoms with E-state index in [2.05, 4.69) is 10.6 Å². The van der Waals surface area contributed by atoms with E-state index in [1.54, 1.807) is 14.2 Å². The lowest BCUT2D eigenvalue weighted by atomic mass is 10.2. The third kappa shape index (κ3) is 2.42. The molecule has 0 radical (unpaired) electrons. The van der Waals surface area contributed by atoms with Gasteiger partial charge in [-0.3, -0.25) is 5.32 Å². The monoisotopic (exact) mass is 174 g/mol. The van der Waals surface area contributed by atoms with Gasteiger partial charge in [0, 0.05) is 33.7 Å². The van der Waals surface area contributed by atoms with Gasteiger partial charge in [-0.2, -0.15) is 0 Å². The number of hydrogen-bond acceptors (Lipinski definition) is 4. The quantitative estimate of drug-likeness (QED) is 0.574. The molecule has 1 heterocycles. The van der Waals surface area contributed by atoms with E-state index in [4.69, 9.17) is 9.47 Å². The van der Waals surface area contributed by atoms with E-state index in [9.17, 15) is 0 Å². The van der Waals surface area contributed by atoms with Crippen LogP contribution in [0.2, 0.25) is 0 Å². The van der Waals surface area contributed by atoms with Gasteiger partial charge in [0.1, 0.15) is 0 Å². The van der Waals surface area contributed by atoms with Crippen LogP contribution >= 0.6 is 0 Å². The summed E-state index contributed by atoms with van der Waals surface area (Å²) in [7, 11) is 3.34. The van der Waals surface area contributed by atoms with Gasteiger partial charge >= 0.3 is 0 Å². The Morgan fingerprint density at radius 1 is 1.08 bits per heavy atom. The number of nitrogens with one attached hydrogen (secondary N) is 2. The van der Waals surface area contributed by atoms with Gasteiger partial charge in [0.25, 0.3) is 0 Å². The standard InChI is InChI=1S/C8H18N2O2/c1-11-8(12-2)4-3-5-9-6-7-10-8/h9-10H,3-7H2,1-2H3. The van der Waals surface area contributed by atoms with Crippen LogP contribution in [0.15, 0.2) is 0 Å². The molecule has 1 saturated heterocycles. The Hall–Kier alpha value is -0.160. The highest BCUT2D eigenvalue weighted by atomic mass is 16.7. The fraction of sp³-hybridized carbons (Fsp3) is 1.00. The normalized spacial score (nSPS) is 24.5. The number of ether oxygens (including phenoxy) is 2. The SMILES string of the molecule is COC1(OC)CCCNCCN1. The van der Waals surface area contributed by atoms with Crippen molar-refractivity contribution in [2.75, 3.05) is 33.9 Å². The van der Waals surface area contributed by atoms with Crippen molar-refractivity contribution in [1.82, 2.24) is 10.6 Å². The predicted molar refractivity (Wildman–Crippen MR) is 46.9 cm³/mol. The summed E-state index contributed by atoms with van der Waals surface area (Å²) in [5.41, 5.74) is 0. The average molecular weight is 174 g/mol. The molecule has 12 heavy (non-hydrogen) atoms. The molecule has 0 saturated carbocycles. The Balaban J connectivity index is 2.45. The Bertz CT molecular complexity index is 116. The van der Waals surface area contributed by atoms with E-state index in [-0.39, 0.29) is 0 Å². The molecule has 0 aromatic carbocycles. The highest BCUT2D eigenvalue weighted by molar-refractivity contribution is 4.70. The summed E-state index contributed by atoms with van der Waals surface area (Å²) in [5, 5.41) is 6.53.